The summed E-state index contributed by atoms with van der Waals surface area (Å²) in [5.74, 6) is -1.81. The number of nitrogens with one attached hydrogen (secondary N) is 1. The number of hydrogen-bond donors (Lipinski definition) is 1. The van der Waals surface area contributed by atoms with E-state index in [-0.39, 0.29) is 0 Å². The first-order valence-electron chi connectivity index (χ1n) is 5.55. The Balaban J connectivity index is 2.43. The average Bonchev–Trinajstić information content (AvgIpc) is 2.41. The number of benzene rings is 2. The van der Waals surface area contributed by atoms with Crippen LogP contribution in [0.3, 0.4) is 0 Å². The molecule has 0 bridgehead atoms. The van der Waals surface area contributed by atoms with Crippen LogP contribution in [0.2, 0.25) is 0 Å². The third-order valence-corrected chi connectivity index (χ3v) is 4.71. The van der Waals surface area contributed by atoms with E-state index < -0.39 is 26.6 Å². The van der Waals surface area contributed by atoms with E-state index in [0.29, 0.717) is 16.6 Å². The Morgan fingerprint density at radius 2 is 1.80 bits per heavy atom. The van der Waals surface area contributed by atoms with Crippen LogP contribution in [0.15, 0.2) is 52.3 Å². The fourth-order valence-electron chi connectivity index (χ4n) is 1.61. The highest BCUT2D eigenvalue weighted by Gasteiger charge is 2.21. The Morgan fingerprint density at radius 3 is 2.50 bits per heavy atom. The molecule has 0 aliphatic rings. The van der Waals surface area contributed by atoms with Crippen molar-refractivity contribution in [1.29, 1.82) is 0 Å². The molecule has 0 saturated carbocycles. The molecule has 0 aliphatic heterocycles. The zero-order chi connectivity index (χ0) is 14.8. The fourth-order valence-corrected chi connectivity index (χ4v) is 3.40. The Hall–Kier alpha value is -1.60. The Kier molecular flexibility index (Phi) is 4.29. The fraction of sp³-hybridized carbons (Fsp3) is 0.0769. The van der Waals surface area contributed by atoms with Gasteiger partial charge in [-0.15, -0.1) is 11.8 Å². The van der Waals surface area contributed by atoms with Crippen LogP contribution < -0.4 is 4.72 Å². The molecule has 0 aliphatic carbocycles. The first kappa shape index (κ1) is 14.8. The maximum atomic E-state index is 13.6. The molecule has 0 heterocycles. The van der Waals surface area contributed by atoms with E-state index in [4.69, 9.17) is 0 Å². The number of halogens is 2. The van der Waals surface area contributed by atoms with Crippen molar-refractivity contribution in [3.8, 4) is 0 Å². The zero-order valence-electron chi connectivity index (χ0n) is 10.4. The largest absolute Gasteiger partial charge is 0.278 e. The number of sulfonamides is 1. The van der Waals surface area contributed by atoms with Crippen molar-refractivity contribution in [2.45, 2.75) is 9.79 Å². The lowest BCUT2D eigenvalue weighted by molar-refractivity contribution is 0.555. The van der Waals surface area contributed by atoms with E-state index in [1.54, 1.807) is 30.5 Å². The van der Waals surface area contributed by atoms with Crippen LogP contribution in [-0.4, -0.2) is 14.7 Å². The molecular formula is C13H11F2NO2S2. The molecule has 0 fully saturated rings. The molecule has 20 heavy (non-hydrogen) atoms. The molecule has 106 valence electrons. The van der Waals surface area contributed by atoms with E-state index in [0.717, 1.165) is 12.1 Å². The predicted octanol–water partition coefficient (Wildman–Crippen LogP) is 3.49. The van der Waals surface area contributed by atoms with Crippen LogP contribution in [0, 0.1) is 11.6 Å². The first-order valence-corrected chi connectivity index (χ1v) is 8.26. The molecule has 2 rings (SSSR count). The smallest absolute Gasteiger partial charge is 0.264 e. The molecule has 0 aromatic heterocycles. The lowest BCUT2D eigenvalue weighted by Crippen LogP contribution is -2.15. The highest BCUT2D eigenvalue weighted by Crippen LogP contribution is 2.27. The second-order valence-corrected chi connectivity index (χ2v) is 6.38. The topological polar surface area (TPSA) is 46.2 Å². The highest BCUT2D eigenvalue weighted by molar-refractivity contribution is 7.99. The summed E-state index contributed by atoms with van der Waals surface area (Å²) in [7, 11) is -4.18. The van der Waals surface area contributed by atoms with Gasteiger partial charge in [0.25, 0.3) is 10.0 Å². The lowest BCUT2D eigenvalue weighted by Gasteiger charge is -2.11. The van der Waals surface area contributed by atoms with Crippen LogP contribution in [0.5, 0.6) is 0 Å². The van der Waals surface area contributed by atoms with Gasteiger partial charge in [-0.2, -0.15) is 0 Å². The number of para-hydroxylation sites is 1. The van der Waals surface area contributed by atoms with E-state index in [9.17, 15) is 17.2 Å². The van der Waals surface area contributed by atoms with Gasteiger partial charge in [-0.1, -0.05) is 12.1 Å². The summed E-state index contributed by atoms with van der Waals surface area (Å²) in [6.45, 7) is 0. The first-order chi connectivity index (χ1) is 9.44. The third-order valence-electron chi connectivity index (χ3n) is 2.53. The molecule has 3 nitrogen and oxygen atoms in total. The molecule has 2 aromatic rings. The number of thioether (sulfide) groups is 1. The van der Waals surface area contributed by atoms with Crippen molar-refractivity contribution in [1.82, 2.24) is 0 Å². The second kappa shape index (κ2) is 5.80. The Morgan fingerprint density at radius 1 is 1.10 bits per heavy atom. The summed E-state index contributed by atoms with van der Waals surface area (Å²) in [6, 6.07) is 8.99. The predicted molar refractivity (Wildman–Crippen MR) is 75.4 cm³/mol. The monoisotopic (exact) mass is 315 g/mol. The van der Waals surface area contributed by atoms with Gasteiger partial charge < -0.3 is 0 Å². The maximum absolute atomic E-state index is 13.6. The number of hydrogen-bond acceptors (Lipinski definition) is 3. The van der Waals surface area contributed by atoms with E-state index >= 15 is 0 Å². The van der Waals surface area contributed by atoms with Crippen molar-refractivity contribution in [3.05, 3.63) is 54.1 Å². The van der Waals surface area contributed by atoms with Crippen LogP contribution in [0.25, 0.3) is 0 Å². The van der Waals surface area contributed by atoms with Crippen molar-refractivity contribution in [2.24, 2.45) is 0 Å². The van der Waals surface area contributed by atoms with Gasteiger partial charge in [-0.05, 0) is 36.6 Å². The summed E-state index contributed by atoms with van der Waals surface area (Å²) in [6.07, 6.45) is 1.79. The minimum absolute atomic E-state index is 0.323. The van der Waals surface area contributed by atoms with E-state index in [2.05, 4.69) is 4.72 Å². The molecular weight excluding hydrogens is 304 g/mol. The summed E-state index contributed by atoms with van der Waals surface area (Å²) in [5, 5.41) is 0. The van der Waals surface area contributed by atoms with Crippen LogP contribution in [-0.2, 0) is 10.0 Å². The molecule has 0 spiro atoms. The van der Waals surface area contributed by atoms with Crippen molar-refractivity contribution in [2.75, 3.05) is 11.0 Å². The van der Waals surface area contributed by atoms with Crippen molar-refractivity contribution < 1.29 is 17.2 Å². The summed E-state index contributed by atoms with van der Waals surface area (Å²) >= 11 is 1.34. The normalized spacial score (nSPS) is 11.3. The molecule has 0 atom stereocenters. The molecule has 1 N–H and O–H groups in total. The van der Waals surface area contributed by atoms with Crippen LogP contribution in [0.1, 0.15) is 0 Å². The molecule has 2 aromatic carbocycles. The van der Waals surface area contributed by atoms with Gasteiger partial charge >= 0.3 is 0 Å². The second-order valence-electron chi connectivity index (χ2n) is 3.88. The Bertz CT molecular complexity index is 733. The van der Waals surface area contributed by atoms with Gasteiger partial charge in [0, 0.05) is 4.90 Å². The molecule has 0 unspecified atom stereocenters. The molecule has 0 radical (unpaired) electrons. The SMILES string of the molecule is CSc1ccccc1NS(=O)(=O)c1cc(F)ccc1F. The van der Waals surface area contributed by atoms with Crippen molar-refractivity contribution in [3.63, 3.8) is 0 Å². The summed E-state index contributed by atoms with van der Waals surface area (Å²) < 4.78 is 53.2. The maximum Gasteiger partial charge on any atom is 0.264 e. The van der Waals surface area contributed by atoms with Gasteiger partial charge in [-0.3, -0.25) is 4.72 Å². The van der Waals surface area contributed by atoms with Crippen LogP contribution in [0.4, 0.5) is 14.5 Å². The molecule has 0 saturated heterocycles. The Labute approximate surface area is 120 Å². The number of anilines is 1. The molecule has 7 heteroatoms. The third kappa shape index (κ3) is 3.10. The quantitative estimate of drug-likeness (QED) is 0.879. The molecule has 0 amide bonds. The zero-order valence-corrected chi connectivity index (χ0v) is 12.1. The van der Waals surface area contributed by atoms with Gasteiger partial charge in [-0.25, -0.2) is 17.2 Å². The minimum atomic E-state index is -4.18. The van der Waals surface area contributed by atoms with Gasteiger partial charge in [0.05, 0.1) is 5.69 Å². The van der Waals surface area contributed by atoms with E-state index in [1.165, 1.54) is 11.8 Å². The summed E-state index contributed by atoms with van der Waals surface area (Å²) in [5.41, 5.74) is 0.323. The van der Waals surface area contributed by atoms with Crippen molar-refractivity contribution >= 4 is 27.5 Å². The van der Waals surface area contributed by atoms with Gasteiger partial charge in [0.2, 0.25) is 0 Å². The number of rotatable bonds is 4. The van der Waals surface area contributed by atoms with Crippen LogP contribution >= 0.6 is 11.8 Å². The average molecular weight is 315 g/mol. The highest BCUT2D eigenvalue weighted by atomic mass is 32.2. The van der Waals surface area contributed by atoms with Gasteiger partial charge in [0.1, 0.15) is 16.5 Å². The van der Waals surface area contributed by atoms with E-state index in [1.807, 2.05) is 0 Å². The standard InChI is InChI=1S/C13H11F2NO2S2/c1-19-12-5-3-2-4-11(12)16-20(17,18)13-8-9(14)6-7-10(13)15/h2-8,16H,1H3. The lowest BCUT2D eigenvalue weighted by atomic mass is 10.3. The minimum Gasteiger partial charge on any atom is -0.278 e. The summed E-state index contributed by atoms with van der Waals surface area (Å²) in [4.78, 5) is -0.0266. The van der Waals surface area contributed by atoms with Gasteiger partial charge in [0.15, 0.2) is 0 Å².